The Morgan fingerprint density at radius 1 is 0.306 bits per heavy atom. The lowest BCUT2D eigenvalue weighted by atomic mass is 9.95. The third-order valence-electron chi connectivity index (χ3n) is 12.0. The number of fused-ring (bicyclic) bond motifs is 7. The van der Waals surface area contributed by atoms with E-state index in [1.807, 2.05) is 12.1 Å². The predicted octanol–water partition coefficient (Wildman–Crippen LogP) is 15.5. The summed E-state index contributed by atoms with van der Waals surface area (Å²) in [5, 5.41) is 4.31. The van der Waals surface area contributed by atoms with Crippen LogP contribution < -0.4 is 0 Å². The normalized spacial score (nSPS) is 11.5. The highest BCUT2D eigenvalue weighted by molar-refractivity contribution is 6.31. The first-order valence-electron chi connectivity index (χ1n) is 21.0. The van der Waals surface area contributed by atoms with E-state index in [4.69, 9.17) is 14.4 Å². The summed E-state index contributed by atoms with van der Waals surface area (Å²) in [7, 11) is 0. The number of hydrogen-bond donors (Lipinski definition) is 0. The van der Waals surface area contributed by atoms with E-state index in [2.05, 4.69) is 217 Å². The molecule has 4 nitrogen and oxygen atoms in total. The second-order valence-electron chi connectivity index (χ2n) is 15.7. The van der Waals surface area contributed by atoms with Gasteiger partial charge < -0.3 is 4.42 Å². The molecule has 0 fully saturated rings. The van der Waals surface area contributed by atoms with Crippen molar-refractivity contribution in [1.29, 1.82) is 0 Å². The molecule has 12 aromatic rings. The van der Waals surface area contributed by atoms with Crippen molar-refractivity contribution in [3.8, 4) is 73.0 Å². The fourth-order valence-corrected chi connectivity index (χ4v) is 9.08. The molecule has 12 rings (SSSR count). The van der Waals surface area contributed by atoms with Crippen LogP contribution in [0.25, 0.3) is 117 Å². The number of benzene rings is 9. The molecule has 0 saturated carbocycles. The number of para-hydroxylation sites is 1. The Morgan fingerprint density at radius 3 is 1.39 bits per heavy atom. The van der Waals surface area contributed by atoms with Crippen LogP contribution in [0.1, 0.15) is 0 Å². The van der Waals surface area contributed by atoms with Gasteiger partial charge in [-0.15, -0.1) is 0 Å². The molecule has 0 aliphatic rings. The van der Waals surface area contributed by atoms with Gasteiger partial charge in [-0.1, -0.05) is 200 Å². The van der Waals surface area contributed by atoms with Crippen molar-refractivity contribution < 1.29 is 4.42 Å². The van der Waals surface area contributed by atoms with Crippen LogP contribution in [-0.2, 0) is 0 Å². The molecule has 0 aliphatic carbocycles. The molecule has 290 valence electrons. The van der Waals surface area contributed by atoms with Crippen LogP contribution in [0, 0.1) is 0 Å². The van der Waals surface area contributed by atoms with Gasteiger partial charge in [0, 0.05) is 43.8 Å². The molecule has 9 aromatic carbocycles. The minimum atomic E-state index is 0.597. The van der Waals surface area contributed by atoms with Crippen molar-refractivity contribution in [3.05, 3.63) is 224 Å². The zero-order chi connectivity index (χ0) is 41.0. The highest BCUT2D eigenvalue weighted by atomic mass is 16.3. The first kappa shape index (κ1) is 35.6. The van der Waals surface area contributed by atoms with Crippen molar-refractivity contribution in [2.24, 2.45) is 0 Å². The smallest absolute Gasteiger partial charge is 0.235 e. The lowest BCUT2D eigenvalue weighted by molar-refractivity contribution is 0.671. The molecule has 0 radical (unpaired) electrons. The molecule has 0 N–H and O–H groups in total. The van der Waals surface area contributed by atoms with Gasteiger partial charge in [-0.05, 0) is 57.6 Å². The second-order valence-corrected chi connectivity index (χ2v) is 15.7. The zero-order valence-electron chi connectivity index (χ0n) is 33.6. The van der Waals surface area contributed by atoms with E-state index in [1.54, 1.807) is 0 Å². The van der Waals surface area contributed by atoms with Gasteiger partial charge in [0.2, 0.25) is 5.95 Å². The van der Waals surface area contributed by atoms with Gasteiger partial charge in [-0.2, -0.15) is 0 Å². The van der Waals surface area contributed by atoms with Crippen molar-refractivity contribution >= 4 is 43.7 Å². The van der Waals surface area contributed by atoms with Gasteiger partial charge in [-0.25, -0.2) is 9.97 Å². The summed E-state index contributed by atoms with van der Waals surface area (Å²) < 4.78 is 9.50. The Kier molecular flexibility index (Phi) is 8.46. The number of nitrogens with zero attached hydrogens (tertiary/aromatic N) is 3. The molecule has 0 bridgehead atoms. The minimum Gasteiger partial charge on any atom is -0.455 e. The first-order valence-corrected chi connectivity index (χ1v) is 21.0. The van der Waals surface area contributed by atoms with Crippen molar-refractivity contribution in [2.75, 3.05) is 0 Å². The minimum absolute atomic E-state index is 0.597. The van der Waals surface area contributed by atoms with E-state index in [0.717, 1.165) is 105 Å². The van der Waals surface area contributed by atoms with Crippen LogP contribution in [0.5, 0.6) is 0 Å². The van der Waals surface area contributed by atoms with Crippen LogP contribution >= 0.6 is 0 Å². The van der Waals surface area contributed by atoms with Crippen molar-refractivity contribution in [1.82, 2.24) is 14.5 Å². The maximum Gasteiger partial charge on any atom is 0.235 e. The molecule has 0 spiro atoms. The van der Waals surface area contributed by atoms with Crippen LogP contribution in [0.3, 0.4) is 0 Å². The molecule has 4 heteroatoms. The Balaban J connectivity index is 1.23. The highest BCUT2D eigenvalue weighted by Crippen LogP contribution is 2.48. The van der Waals surface area contributed by atoms with E-state index < -0.39 is 0 Å². The fraction of sp³-hybridized carbons (Fsp3) is 0. The molecule has 0 saturated heterocycles. The largest absolute Gasteiger partial charge is 0.455 e. The molecule has 0 aliphatic heterocycles. The third kappa shape index (κ3) is 6.00. The first-order chi connectivity index (χ1) is 30.7. The lowest BCUT2D eigenvalue weighted by Crippen LogP contribution is -2.04. The van der Waals surface area contributed by atoms with Gasteiger partial charge in [0.1, 0.15) is 11.2 Å². The van der Waals surface area contributed by atoms with Crippen molar-refractivity contribution in [2.45, 2.75) is 0 Å². The van der Waals surface area contributed by atoms with Gasteiger partial charge >= 0.3 is 0 Å². The Bertz CT molecular complexity index is 3520. The van der Waals surface area contributed by atoms with Gasteiger partial charge in [0.25, 0.3) is 0 Å². The van der Waals surface area contributed by atoms with Crippen LogP contribution in [0.4, 0.5) is 0 Å². The highest BCUT2D eigenvalue weighted by Gasteiger charge is 2.25. The molecular weight excluding hydrogens is 755 g/mol. The average Bonchev–Trinajstić information content (AvgIpc) is 3.91. The topological polar surface area (TPSA) is 43.9 Å². The average molecular weight is 792 g/mol. The van der Waals surface area contributed by atoms with Gasteiger partial charge in [0.05, 0.1) is 22.4 Å². The molecule has 3 aromatic heterocycles. The maximum absolute atomic E-state index is 7.24. The summed E-state index contributed by atoms with van der Waals surface area (Å²) >= 11 is 0. The predicted molar refractivity (Wildman–Crippen MR) is 256 cm³/mol. The number of aromatic nitrogens is 3. The third-order valence-corrected chi connectivity index (χ3v) is 12.0. The monoisotopic (exact) mass is 791 g/mol. The molecule has 0 unspecified atom stereocenters. The summed E-state index contributed by atoms with van der Waals surface area (Å²) in [6.07, 6.45) is 0. The van der Waals surface area contributed by atoms with Crippen LogP contribution in [-0.4, -0.2) is 14.5 Å². The standard InChI is InChI=1S/C58H37N3O/c1-6-17-38(18-7-1)40-29-31-42(32-30-40)48-36-53-54(55-47-28-16-27-46(56(47)62-57(48)55)41-21-10-3-11-22-41)49-35-45(39-19-8-2-9-20-39)33-34-52(49)61(53)58-59-50(43-23-12-4-13-24-43)37-51(60-58)44-25-14-5-15-26-44/h1-37H. The molecule has 0 atom stereocenters. The van der Waals surface area contributed by atoms with E-state index in [9.17, 15) is 0 Å². The van der Waals surface area contributed by atoms with Gasteiger partial charge in [0.15, 0.2) is 0 Å². The summed E-state index contributed by atoms with van der Waals surface area (Å²) in [6.45, 7) is 0. The molecule has 0 amide bonds. The van der Waals surface area contributed by atoms with Crippen LogP contribution in [0.15, 0.2) is 229 Å². The van der Waals surface area contributed by atoms with Crippen molar-refractivity contribution in [3.63, 3.8) is 0 Å². The molecule has 3 heterocycles. The quantitative estimate of drug-likeness (QED) is 0.161. The summed E-state index contributed by atoms with van der Waals surface area (Å²) in [5.74, 6) is 0.597. The number of furan rings is 1. The maximum atomic E-state index is 7.24. The fourth-order valence-electron chi connectivity index (χ4n) is 9.08. The van der Waals surface area contributed by atoms with E-state index >= 15 is 0 Å². The summed E-state index contributed by atoms with van der Waals surface area (Å²) in [5.41, 5.74) is 16.3. The Morgan fingerprint density at radius 2 is 0.790 bits per heavy atom. The SMILES string of the molecule is c1ccc(-c2ccc(-c3cc4c(c5cc(-c6ccccc6)ccc5n4-c4nc(-c5ccccc5)cc(-c5ccccc5)n4)c4c3oc3c(-c5ccccc5)cccc34)cc2)cc1. The van der Waals surface area contributed by atoms with E-state index in [-0.39, 0.29) is 0 Å². The number of rotatable bonds is 7. The summed E-state index contributed by atoms with van der Waals surface area (Å²) in [4.78, 5) is 10.8. The van der Waals surface area contributed by atoms with Crippen LogP contribution in [0.2, 0.25) is 0 Å². The molecule has 62 heavy (non-hydrogen) atoms. The van der Waals surface area contributed by atoms with E-state index in [0.29, 0.717) is 5.95 Å². The lowest BCUT2D eigenvalue weighted by Gasteiger charge is -2.13. The Labute approximate surface area is 358 Å². The Hall–Kier alpha value is -8.34. The zero-order valence-corrected chi connectivity index (χ0v) is 33.6. The molecular formula is C58H37N3O. The number of hydrogen-bond acceptors (Lipinski definition) is 3. The summed E-state index contributed by atoms with van der Waals surface area (Å²) in [6, 6.07) is 79.0. The second kappa shape index (κ2) is 14.7. The van der Waals surface area contributed by atoms with E-state index in [1.165, 1.54) is 5.56 Å². The van der Waals surface area contributed by atoms with Gasteiger partial charge in [-0.3, -0.25) is 4.57 Å².